The molecule has 0 N–H and O–H groups in total. The van der Waals surface area contributed by atoms with E-state index in [1.165, 1.54) is 4.90 Å². The monoisotopic (exact) mass is 396 g/mol. The highest BCUT2D eigenvalue weighted by atomic mass is 32.2. The third kappa shape index (κ3) is 5.02. The Balaban J connectivity index is 1.69. The van der Waals surface area contributed by atoms with Crippen molar-refractivity contribution >= 4 is 23.5 Å². The van der Waals surface area contributed by atoms with E-state index in [0.29, 0.717) is 31.0 Å². The van der Waals surface area contributed by atoms with Crippen molar-refractivity contribution in [2.75, 3.05) is 19.3 Å². The molecule has 3 rings (SSSR count). The van der Waals surface area contributed by atoms with Gasteiger partial charge in [-0.2, -0.15) is 0 Å². The lowest BCUT2D eigenvalue weighted by molar-refractivity contribution is -0.124. The molecule has 28 heavy (non-hydrogen) atoms. The zero-order valence-corrected chi connectivity index (χ0v) is 17.7. The zero-order chi connectivity index (χ0) is 20.1. The summed E-state index contributed by atoms with van der Waals surface area (Å²) in [6, 6.07) is 12.0. The first-order chi connectivity index (χ1) is 13.5. The fourth-order valence-electron chi connectivity index (χ4n) is 3.65. The van der Waals surface area contributed by atoms with Crippen molar-refractivity contribution in [1.29, 1.82) is 0 Å². The van der Waals surface area contributed by atoms with Crippen molar-refractivity contribution in [1.82, 2.24) is 9.88 Å². The van der Waals surface area contributed by atoms with Gasteiger partial charge in [-0.3, -0.25) is 14.6 Å². The molecule has 1 unspecified atom stereocenters. The number of likely N-dealkylation sites (tertiary alicyclic amines) is 1. The van der Waals surface area contributed by atoms with E-state index in [2.05, 4.69) is 31.0 Å². The predicted octanol–water partition coefficient (Wildman–Crippen LogP) is 4.94. The highest BCUT2D eigenvalue weighted by Gasteiger charge is 2.29. The molecule has 1 aliphatic rings. The molecular formula is C23H28N2O2S. The summed E-state index contributed by atoms with van der Waals surface area (Å²) in [6.45, 7) is 5.36. The van der Waals surface area contributed by atoms with Crippen molar-refractivity contribution < 1.29 is 9.59 Å². The Morgan fingerprint density at radius 2 is 2.07 bits per heavy atom. The van der Waals surface area contributed by atoms with Crippen LogP contribution in [-0.2, 0) is 4.79 Å². The second-order valence-electron chi connectivity index (χ2n) is 7.82. The summed E-state index contributed by atoms with van der Waals surface area (Å²) in [5.41, 5.74) is 2.49. The lowest BCUT2D eigenvalue weighted by Gasteiger charge is -2.32. The second kappa shape index (κ2) is 9.37. The van der Waals surface area contributed by atoms with Gasteiger partial charge in [-0.15, -0.1) is 11.8 Å². The summed E-state index contributed by atoms with van der Waals surface area (Å²) in [4.78, 5) is 32.8. The molecule has 0 spiro atoms. The van der Waals surface area contributed by atoms with Gasteiger partial charge < -0.3 is 4.90 Å². The van der Waals surface area contributed by atoms with Gasteiger partial charge in [0.15, 0.2) is 0 Å². The van der Waals surface area contributed by atoms with Crippen LogP contribution in [0.25, 0.3) is 11.3 Å². The molecule has 1 saturated heterocycles. The lowest BCUT2D eigenvalue weighted by atomic mass is 9.89. The molecule has 1 fully saturated rings. The SMILES string of the molecule is CSc1cccc(-c2ccc(C(=O)N3CCCC(C(=O)CC(C)C)C3)cn2)c1. The molecule has 1 aromatic heterocycles. The Morgan fingerprint density at radius 3 is 2.75 bits per heavy atom. The largest absolute Gasteiger partial charge is 0.338 e. The van der Waals surface area contributed by atoms with Gasteiger partial charge in [0.1, 0.15) is 5.78 Å². The summed E-state index contributed by atoms with van der Waals surface area (Å²) in [6.07, 6.45) is 6.07. The van der Waals surface area contributed by atoms with Crippen LogP contribution in [0.4, 0.5) is 0 Å². The van der Waals surface area contributed by atoms with Gasteiger partial charge in [0, 0.05) is 42.1 Å². The van der Waals surface area contributed by atoms with Crippen LogP contribution >= 0.6 is 11.8 Å². The molecule has 0 saturated carbocycles. The number of amides is 1. The van der Waals surface area contributed by atoms with Crippen LogP contribution in [0.2, 0.25) is 0 Å². The number of rotatable bonds is 6. The van der Waals surface area contributed by atoms with Gasteiger partial charge in [-0.25, -0.2) is 0 Å². The molecule has 4 nitrogen and oxygen atoms in total. The molecule has 0 bridgehead atoms. The number of carbonyl (C=O) groups excluding carboxylic acids is 2. The molecule has 1 amide bonds. The summed E-state index contributed by atoms with van der Waals surface area (Å²) >= 11 is 1.69. The minimum atomic E-state index is -0.0287. The Labute approximate surface area is 171 Å². The number of thioether (sulfide) groups is 1. The number of nitrogens with zero attached hydrogens (tertiary/aromatic N) is 2. The van der Waals surface area contributed by atoms with E-state index >= 15 is 0 Å². The first-order valence-electron chi connectivity index (χ1n) is 9.90. The van der Waals surface area contributed by atoms with E-state index in [-0.39, 0.29) is 17.6 Å². The molecule has 1 atom stereocenters. The third-order valence-corrected chi connectivity index (χ3v) is 5.87. The van der Waals surface area contributed by atoms with E-state index in [1.54, 1.807) is 18.0 Å². The maximum Gasteiger partial charge on any atom is 0.255 e. The maximum absolute atomic E-state index is 12.9. The summed E-state index contributed by atoms with van der Waals surface area (Å²) < 4.78 is 0. The molecule has 1 aliphatic heterocycles. The Bertz CT molecular complexity index is 833. The molecular weight excluding hydrogens is 368 g/mol. The van der Waals surface area contributed by atoms with Gasteiger partial charge in [0.2, 0.25) is 0 Å². The van der Waals surface area contributed by atoms with Crippen LogP contribution in [-0.4, -0.2) is 40.9 Å². The molecule has 0 radical (unpaired) electrons. The van der Waals surface area contributed by atoms with Gasteiger partial charge in [-0.05, 0) is 49.3 Å². The number of pyridine rings is 1. The quantitative estimate of drug-likeness (QED) is 0.649. The number of hydrogen-bond acceptors (Lipinski definition) is 4. The van der Waals surface area contributed by atoms with Crippen LogP contribution in [0, 0.1) is 11.8 Å². The van der Waals surface area contributed by atoms with Crippen molar-refractivity contribution in [3.63, 3.8) is 0 Å². The van der Waals surface area contributed by atoms with Crippen LogP contribution in [0.15, 0.2) is 47.5 Å². The van der Waals surface area contributed by atoms with Crippen LogP contribution < -0.4 is 0 Å². The number of Topliss-reactive ketones (excluding diaryl/α,β-unsaturated/α-hetero) is 1. The van der Waals surface area contributed by atoms with E-state index in [1.807, 2.05) is 35.4 Å². The van der Waals surface area contributed by atoms with Crippen LogP contribution in [0.1, 0.15) is 43.5 Å². The standard InChI is InChI=1S/C23H28N2O2S/c1-16(2)12-22(26)19-7-5-11-25(15-19)23(27)18-9-10-21(24-14-18)17-6-4-8-20(13-17)28-3/h4,6,8-10,13-14,16,19H,5,7,11-12,15H2,1-3H3. The fourth-order valence-corrected chi connectivity index (χ4v) is 4.11. The van der Waals surface area contributed by atoms with Crippen molar-refractivity contribution in [2.24, 2.45) is 11.8 Å². The smallest absolute Gasteiger partial charge is 0.255 e. The first-order valence-corrected chi connectivity index (χ1v) is 11.1. The predicted molar refractivity (Wildman–Crippen MR) is 115 cm³/mol. The van der Waals surface area contributed by atoms with E-state index < -0.39 is 0 Å². The van der Waals surface area contributed by atoms with Crippen LogP contribution in [0.5, 0.6) is 0 Å². The minimum Gasteiger partial charge on any atom is -0.338 e. The second-order valence-corrected chi connectivity index (χ2v) is 8.70. The number of ketones is 1. The highest BCUT2D eigenvalue weighted by molar-refractivity contribution is 7.98. The topological polar surface area (TPSA) is 50.3 Å². The Hall–Kier alpha value is -2.14. The molecule has 0 aliphatic carbocycles. The van der Waals surface area contributed by atoms with Gasteiger partial charge in [0.25, 0.3) is 5.91 Å². The van der Waals surface area contributed by atoms with E-state index in [0.717, 1.165) is 24.1 Å². The van der Waals surface area contributed by atoms with Crippen molar-refractivity contribution in [3.05, 3.63) is 48.2 Å². The number of benzene rings is 1. The minimum absolute atomic E-state index is 0.0263. The first kappa shape index (κ1) is 20.6. The average molecular weight is 397 g/mol. The van der Waals surface area contributed by atoms with E-state index in [9.17, 15) is 9.59 Å². The molecule has 5 heteroatoms. The normalized spacial score (nSPS) is 17.0. The summed E-state index contributed by atoms with van der Waals surface area (Å²) in [5.74, 6) is 0.593. The Morgan fingerprint density at radius 1 is 1.25 bits per heavy atom. The van der Waals surface area contributed by atoms with Gasteiger partial charge >= 0.3 is 0 Å². The number of carbonyl (C=O) groups is 2. The molecule has 2 heterocycles. The van der Waals surface area contributed by atoms with Crippen LogP contribution in [0.3, 0.4) is 0 Å². The Kier molecular flexibility index (Phi) is 6.89. The highest BCUT2D eigenvalue weighted by Crippen LogP contribution is 2.25. The molecule has 2 aromatic rings. The number of hydrogen-bond donors (Lipinski definition) is 0. The molecule has 1 aromatic carbocycles. The van der Waals surface area contributed by atoms with Gasteiger partial charge in [-0.1, -0.05) is 26.0 Å². The fraction of sp³-hybridized carbons (Fsp3) is 0.435. The van der Waals surface area contributed by atoms with Gasteiger partial charge in [0.05, 0.1) is 11.3 Å². The number of piperidine rings is 1. The van der Waals surface area contributed by atoms with Crippen molar-refractivity contribution in [3.8, 4) is 11.3 Å². The lowest BCUT2D eigenvalue weighted by Crippen LogP contribution is -2.42. The maximum atomic E-state index is 12.9. The summed E-state index contributed by atoms with van der Waals surface area (Å²) in [7, 11) is 0. The summed E-state index contributed by atoms with van der Waals surface area (Å²) in [5, 5.41) is 0. The van der Waals surface area contributed by atoms with Crippen molar-refractivity contribution in [2.45, 2.75) is 38.0 Å². The molecule has 148 valence electrons. The number of aromatic nitrogens is 1. The average Bonchev–Trinajstić information content (AvgIpc) is 2.73. The zero-order valence-electron chi connectivity index (χ0n) is 16.9. The van der Waals surface area contributed by atoms with E-state index in [4.69, 9.17) is 0 Å². The third-order valence-electron chi connectivity index (χ3n) is 5.15.